The molecular weight excluding hydrogens is 719 g/mol. The molecule has 1 saturated heterocycles. The van der Waals surface area contributed by atoms with E-state index in [1.165, 1.54) is 7.11 Å². The number of amides is 4. The Kier molecular flexibility index (Phi) is 11.8. The van der Waals surface area contributed by atoms with Gasteiger partial charge in [0.15, 0.2) is 0 Å². The van der Waals surface area contributed by atoms with E-state index in [1.54, 1.807) is 0 Å². The van der Waals surface area contributed by atoms with Crippen LogP contribution in [0.3, 0.4) is 0 Å². The summed E-state index contributed by atoms with van der Waals surface area (Å²) in [6.07, 6.45) is 6.59. The molecule has 56 heavy (non-hydrogen) atoms. The van der Waals surface area contributed by atoms with E-state index in [4.69, 9.17) is 14.7 Å². The molecule has 3 heterocycles. The van der Waals surface area contributed by atoms with E-state index in [0.29, 0.717) is 25.3 Å². The molecule has 2 saturated carbocycles. The zero-order valence-electron chi connectivity index (χ0n) is 32.1. The molecule has 11 nitrogen and oxygen atoms in total. The summed E-state index contributed by atoms with van der Waals surface area (Å²) in [5.41, 5.74) is 8.49. The van der Waals surface area contributed by atoms with Crippen LogP contribution in [0.4, 0.5) is 13.6 Å². The molecule has 0 radical (unpaired) electrons. The highest BCUT2D eigenvalue weighted by Gasteiger charge is 2.52. The van der Waals surface area contributed by atoms with Crippen molar-refractivity contribution in [3.8, 4) is 11.1 Å². The minimum atomic E-state index is -2.64. The van der Waals surface area contributed by atoms with Gasteiger partial charge in [0, 0.05) is 55.0 Å². The number of likely N-dealkylation sites (tertiary alicyclic amines) is 1. The summed E-state index contributed by atoms with van der Waals surface area (Å²) < 4.78 is 29.7. The number of hydrogen-bond acceptors (Lipinski definition) is 7. The highest BCUT2D eigenvalue weighted by Crippen LogP contribution is 2.54. The Morgan fingerprint density at radius 1 is 0.821 bits per heavy atom. The molecule has 2 aromatic rings. The predicted octanol–water partition coefficient (Wildman–Crippen LogP) is 6.26. The van der Waals surface area contributed by atoms with E-state index >= 15 is 0 Å². The molecular formula is C43H50F2N6O5. The summed E-state index contributed by atoms with van der Waals surface area (Å²) in [7, 11) is 1.29. The number of methoxy groups -OCH3 is 1. The second-order valence-electron chi connectivity index (χ2n) is 15.9. The fourth-order valence-electron chi connectivity index (χ4n) is 9.35. The zero-order chi connectivity index (χ0) is 39.5. The number of carbonyl (C=O) groups excluding carboxylic acids is 4. The number of fused-ring (bicyclic) bond motifs is 2. The van der Waals surface area contributed by atoms with E-state index in [9.17, 15) is 28.0 Å². The summed E-state index contributed by atoms with van der Waals surface area (Å²) in [4.78, 5) is 62.2. The normalized spacial score (nSPS) is 24.5. The van der Waals surface area contributed by atoms with Gasteiger partial charge in [0.25, 0.3) is 6.43 Å². The van der Waals surface area contributed by atoms with E-state index in [2.05, 4.69) is 64.5 Å². The van der Waals surface area contributed by atoms with Crippen molar-refractivity contribution in [3.05, 3.63) is 72.1 Å². The van der Waals surface area contributed by atoms with Gasteiger partial charge in [-0.05, 0) is 83.3 Å². The lowest BCUT2D eigenvalue weighted by Crippen LogP contribution is -2.53. The number of hydrogen-bond donors (Lipinski definition) is 3. The maximum Gasteiger partial charge on any atom is 0.407 e. The smallest absolute Gasteiger partial charge is 0.407 e. The van der Waals surface area contributed by atoms with Gasteiger partial charge in [-0.25, -0.2) is 13.6 Å². The number of nitrogens with one attached hydrogen (secondary N) is 3. The molecule has 3 aliphatic heterocycles. The Morgan fingerprint density at radius 2 is 1.41 bits per heavy atom. The molecule has 2 bridgehead atoms. The van der Waals surface area contributed by atoms with Gasteiger partial charge in [-0.3, -0.25) is 24.4 Å². The van der Waals surface area contributed by atoms with Gasteiger partial charge in [-0.15, -0.1) is 0 Å². The first kappa shape index (κ1) is 39.1. The SMILES string of the molecule is COC(=O)N[C@H](C(=O)N1CCC[C@H]1C1=NC=C(c2ccc(-c3ccc(C4=CN=C([C@@H]5C6CCC(C6)[C@H]5C(=O)NCC(=O)NCC(F)F)C4)cc3)cc2)C1)C(C)C. The maximum absolute atomic E-state index is 13.6. The third-order valence-electron chi connectivity index (χ3n) is 12.2. The molecule has 3 N–H and O–H groups in total. The average molecular weight is 769 g/mol. The molecule has 0 spiro atoms. The van der Waals surface area contributed by atoms with Crippen LogP contribution in [-0.2, 0) is 19.1 Å². The lowest BCUT2D eigenvalue weighted by atomic mass is 9.75. The van der Waals surface area contributed by atoms with E-state index in [-0.39, 0.29) is 48.1 Å². The molecule has 2 aliphatic carbocycles. The number of ether oxygens (including phenoxy) is 1. The van der Waals surface area contributed by atoms with Crippen LogP contribution >= 0.6 is 0 Å². The first-order valence-electron chi connectivity index (χ1n) is 19.7. The van der Waals surface area contributed by atoms with Crippen molar-refractivity contribution >= 4 is 46.4 Å². The highest BCUT2D eigenvalue weighted by molar-refractivity contribution is 6.04. The maximum atomic E-state index is 13.6. The third kappa shape index (κ3) is 8.31. The van der Waals surface area contributed by atoms with Gasteiger partial charge in [-0.1, -0.05) is 62.4 Å². The molecule has 5 aliphatic rings. The minimum Gasteiger partial charge on any atom is -0.453 e. The van der Waals surface area contributed by atoms with Gasteiger partial charge < -0.3 is 25.6 Å². The van der Waals surface area contributed by atoms with Crippen LogP contribution < -0.4 is 16.0 Å². The van der Waals surface area contributed by atoms with Crippen LogP contribution in [-0.4, -0.2) is 85.4 Å². The van der Waals surface area contributed by atoms with Gasteiger partial charge in [0.2, 0.25) is 17.7 Å². The van der Waals surface area contributed by atoms with Crippen LogP contribution in [0, 0.1) is 29.6 Å². The van der Waals surface area contributed by atoms with Crippen LogP contribution in [0.2, 0.25) is 0 Å². The molecule has 7 rings (SSSR count). The largest absolute Gasteiger partial charge is 0.453 e. The number of rotatable bonds is 13. The molecule has 13 heteroatoms. The molecule has 296 valence electrons. The molecule has 4 amide bonds. The summed E-state index contributed by atoms with van der Waals surface area (Å²) in [6.45, 7) is 3.40. The van der Waals surface area contributed by atoms with Gasteiger partial charge in [0.1, 0.15) is 6.04 Å². The zero-order valence-corrected chi connectivity index (χ0v) is 32.1. The fourth-order valence-corrected chi connectivity index (χ4v) is 9.35. The van der Waals surface area contributed by atoms with Crippen molar-refractivity contribution in [3.63, 3.8) is 0 Å². The first-order valence-corrected chi connectivity index (χ1v) is 19.7. The van der Waals surface area contributed by atoms with Crippen molar-refractivity contribution in [2.24, 2.45) is 39.6 Å². The Morgan fingerprint density at radius 3 is 2.02 bits per heavy atom. The molecule has 0 aromatic heterocycles. The van der Waals surface area contributed by atoms with E-state index < -0.39 is 31.0 Å². The van der Waals surface area contributed by atoms with Crippen molar-refractivity contribution in [1.29, 1.82) is 0 Å². The van der Waals surface area contributed by atoms with Crippen molar-refractivity contribution < 1.29 is 32.7 Å². The third-order valence-corrected chi connectivity index (χ3v) is 12.2. The summed E-state index contributed by atoms with van der Waals surface area (Å²) in [5, 5.41) is 7.55. The number of aliphatic imine (C=N–C) groups is 2. The number of nitrogens with zero attached hydrogens (tertiary/aromatic N) is 3. The molecule has 2 aromatic carbocycles. The van der Waals surface area contributed by atoms with Crippen molar-refractivity contribution in [1.82, 2.24) is 20.9 Å². The quantitative estimate of drug-likeness (QED) is 0.221. The van der Waals surface area contributed by atoms with Gasteiger partial charge >= 0.3 is 6.09 Å². The van der Waals surface area contributed by atoms with Crippen LogP contribution in [0.25, 0.3) is 22.3 Å². The Balaban J connectivity index is 0.928. The topological polar surface area (TPSA) is 142 Å². The highest BCUT2D eigenvalue weighted by atomic mass is 19.3. The van der Waals surface area contributed by atoms with E-state index in [1.807, 2.05) is 31.1 Å². The average Bonchev–Trinajstić information content (AvgIpc) is 4.06. The summed E-state index contributed by atoms with van der Waals surface area (Å²) in [6, 6.07) is 16.1. The Labute approximate surface area is 326 Å². The number of allylic oxidation sites excluding steroid dienone is 2. The number of benzene rings is 2. The lowest BCUT2D eigenvalue weighted by Gasteiger charge is -2.31. The van der Waals surface area contributed by atoms with Crippen LogP contribution in [0.5, 0.6) is 0 Å². The second-order valence-corrected chi connectivity index (χ2v) is 15.9. The number of alkyl halides is 2. The fraction of sp³-hybridized carbons (Fsp3) is 0.488. The molecule has 6 atom stereocenters. The van der Waals surface area contributed by atoms with Crippen molar-refractivity contribution in [2.75, 3.05) is 26.7 Å². The second kappa shape index (κ2) is 16.9. The monoisotopic (exact) mass is 768 g/mol. The summed E-state index contributed by atoms with van der Waals surface area (Å²) in [5.74, 6) is -0.669. The number of halogens is 2. The lowest BCUT2D eigenvalue weighted by molar-refractivity contribution is -0.134. The Bertz CT molecular complexity index is 1960. The van der Waals surface area contributed by atoms with Crippen molar-refractivity contribution in [2.45, 2.75) is 77.3 Å². The van der Waals surface area contributed by atoms with Gasteiger partial charge in [-0.2, -0.15) is 0 Å². The van der Waals surface area contributed by atoms with Crippen LogP contribution in [0.15, 0.2) is 70.9 Å². The molecule has 3 fully saturated rings. The van der Waals surface area contributed by atoms with E-state index in [0.717, 1.165) is 76.9 Å². The summed E-state index contributed by atoms with van der Waals surface area (Å²) >= 11 is 0. The standard InChI is InChI=1S/C43H50F2N6O5/c1-24(2)40(50-43(55)56-3)42(54)51-16-4-5-35(51)33-18-31(20-46-33)27-10-6-25(7-11-27)26-8-12-28(13-9-26)32-19-34(47-21-32)38-29-14-15-30(17-29)39(38)41(53)49-23-37(52)48-22-36(44)45/h6-13,20-21,24,29-30,35-36,38-40H,4-5,14-19,22-23H2,1-3H3,(H,48,52)(H,49,53)(H,50,55)/t29?,30?,35-,38-,39+,40-/m0/s1. The van der Waals surface area contributed by atoms with Gasteiger partial charge in [0.05, 0.1) is 26.2 Å². The predicted molar refractivity (Wildman–Crippen MR) is 211 cm³/mol. The Hall–Kier alpha value is -5.20. The molecule has 2 unspecified atom stereocenters. The van der Waals surface area contributed by atoms with Crippen LogP contribution in [0.1, 0.15) is 69.9 Å². The number of carbonyl (C=O) groups is 4. The first-order chi connectivity index (χ1) is 27.0. The number of alkyl carbamates (subject to hydrolysis) is 1. The minimum absolute atomic E-state index is 0.00744.